The second-order valence-corrected chi connectivity index (χ2v) is 12.4. The fraction of sp³-hybridized carbons (Fsp3) is 0. The summed E-state index contributed by atoms with van der Waals surface area (Å²) in [7, 11) is 0. The third-order valence-corrected chi connectivity index (χ3v) is 10.1. The molecule has 0 saturated carbocycles. The van der Waals surface area contributed by atoms with Gasteiger partial charge in [0, 0.05) is 70.6 Å². The van der Waals surface area contributed by atoms with E-state index in [1.165, 1.54) is 30.9 Å². The van der Waals surface area contributed by atoms with E-state index in [0.717, 1.165) is 60.9 Å². The van der Waals surface area contributed by atoms with Crippen molar-refractivity contribution in [2.75, 3.05) is 4.90 Å². The SMILES string of the molecule is c1cc(N(c2ccc3c(c2)oc2ccccc23)c2ccc3c(c2)oc2ccccc23)c2c(c1)ccc1c3ccccc3sc12. The van der Waals surface area contributed by atoms with Crippen molar-refractivity contribution < 1.29 is 8.83 Å². The number of benzene rings is 7. The van der Waals surface area contributed by atoms with Crippen molar-refractivity contribution in [2.24, 2.45) is 0 Å². The Labute approximate surface area is 255 Å². The summed E-state index contributed by atoms with van der Waals surface area (Å²) in [5, 5.41) is 9.50. The van der Waals surface area contributed by atoms with Gasteiger partial charge in [-0.3, -0.25) is 0 Å². The Morgan fingerprint density at radius 2 is 1.00 bits per heavy atom. The van der Waals surface area contributed by atoms with Gasteiger partial charge in [0.05, 0.1) is 5.69 Å². The molecule has 0 fully saturated rings. The highest BCUT2D eigenvalue weighted by Crippen LogP contribution is 2.47. The Hall–Kier alpha value is -5.58. The molecule has 3 nitrogen and oxygen atoms in total. The number of anilines is 3. The molecule has 0 atom stereocenters. The number of para-hydroxylation sites is 2. The fourth-order valence-electron chi connectivity index (χ4n) is 6.85. The van der Waals surface area contributed by atoms with Crippen LogP contribution in [-0.4, -0.2) is 0 Å². The molecule has 4 heteroatoms. The van der Waals surface area contributed by atoms with Crippen LogP contribution in [0.5, 0.6) is 0 Å². The molecule has 0 aliphatic rings. The lowest BCUT2D eigenvalue weighted by molar-refractivity contribution is 0.669. The van der Waals surface area contributed by atoms with Crippen LogP contribution in [0.15, 0.2) is 148 Å². The Morgan fingerprint density at radius 1 is 0.432 bits per heavy atom. The number of thiophene rings is 1. The van der Waals surface area contributed by atoms with E-state index in [2.05, 4.69) is 120 Å². The van der Waals surface area contributed by atoms with E-state index in [1.54, 1.807) is 0 Å². The van der Waals surface area contributed by atoms with E-state index in [0.29, 0.717) is 0 Å². The molecule has 10 aromatic rings. The molecule has 206 valence electrons. The monoisotopic (exact) mass is 581 g/mol. The predicted molar refractivity (Wildman–Crippen MR) is 186 cm³/mol. The van der Waals surface area contributed by atoms with Crippen molar-refractivity contribution in [2.45, 2.75) is 0 Å². The molecule has 0 unspecified atom stereocenters. The van der Waals surface area contributed by atoms with Crippen LogP contribution < -0.4 is 4.90 Å². The number of fused-ring (bicyclic) bond motifs is 11. The number of rotatable bonds is 3. The fourth-order valence-corrected chi connectivity index (χ4v) is 8.12. The first-order chi connectivity index (χ1) is 21.8. The molecule has 10 rings (SSSR count). The van der Waals surface area contributed by atoms with Crippen molar-refractivity contribution in [1.29, 1.82) is 0 Å². The molecule has 7 aromatic carbocycles. The molecule has 0 amide bonds. The molecule has 0 radical (unpaired) electrons. The van der Waals surface area contributed by atoms with E-state index in [-0.39, 0.29) is 0 Å². The van der Waals surface area contributed by atoms with Gasteiger partial charge in [-0.15, -0.1) is 11.3 Å². The quantitative estimate of drug-likeness (QED) is 0.208. The average molecular weight is 582 g/mol. The topological polar surface area (TPSA) is 29.5 Å². The number of furan rings is 2. The van der Waals surface area contributed by atoms with E-state index in [4.69, 9.17) is 8.83 Å². The van der Waals surface area contributed by atoms with Gasteiger partial charge < -0.3 is 13.7 Å². The minimum atomic E-state index is 0.866. The zero-order valence-electron chi connectivity index (χ0n) is 23.5. The third kappa shape index (κ3) is 3.37. The molecule has 0 bridgehead atoms. The van der Waals surface area contributed by atoms with Crippen molar-refractivity contribution in [3.63, 3.8) is 0 Å². The molecule has 0 N–H and O–H groups in total. The molecular formula is C40H23NO2S. The summed E-state index contributed by atoms with van der Waals surface area (Å²) in [6.45, 7) is 0. The molecule has 0 aliphatic heterocycles. The summed E-state index contributed by atoms with van der Waals surface area (Å²) in [5.41, 5.74) is 6.69. The van der Waals surface area contributed by atoms with Crippen molar-refractivity contribution in [3.8, 4) is 0 Å². The summed E-state index contributed by atoms with van der Waals surface area (Å²) in [4.78, 5) is 2.35. The van der Waals surface area contributed by atoms with Crippen molar-refractivity contribution in [1.82, 2.24) is 0 Å². The van der Waals surface area contributed by atoms with Gasteiger partial charge in [-0.05, 0) is 53.9 Å². The second-order valence-electron chi connectivity index (χ2n) is 11.3. The van der Waals surface area contributed by atoms with Crippen LogP contribution in [-0.2, 0) is 0 Å². The normalized spacial score (nSPS) is 12.1. The molecular weight excluding hydrogens is 559 g/mol. The first-order valence-electron chi connectivity index (χ1n) is 14.8. The molecule has 44 heavy (non-hydrogen) atoms. The number of hydrogen-bond donors (Lipinski definition) is 0. The lowest BCUT2D eigenvalue weighted by Gasteiger charge is -2.27. The number of hydrogen-bond acceptors (Lipinski definition) is 4. The van der Waals surface area contributed by atoms with Gasteiger partial charge in [0.15, 0.2) is 0 Å². The summed E-state index contributed by atoms with van der Waals surface area (Å²) in [6.07, 6.45) is 0. The van der Waals surface area contributed by atoms with E-state index in [1.807, 2.05) is 35.6 Å². The van der Waals surface area contributed by atoms with Gasteiger partial charge in [-0.25, -0.2) is 0 Å². The van der Waals surface area contributed by atoms with Gasteiger partial charge in [-0.2, -0.15) is 0 Å². The van der Waals surface area contributed by atoms with Crippen molar-refractivity contribution >= 4 is 103 Å². The van der Waals surface area contributed by atoms with E-state index >= 15 is 0 Å². The smallest absolute Gasteiger partial charge is 0.137 e. The lowest BCUT2D eigenvalue weighted by atomic mass is 10.0. The first-order valence-corrected chi connectivity index (χ1v) is 15.6. The Morgan fingerprint density at radius 3 is 1.68 bits per heavy atom. The Balaban J connectivity index is 1.29. The summed E-state index contributed by atoms with van der Waals surface area (Å²) >= 11 is 1.86. The standard InChI is InChI=1S/C40H23NO2S/c1-4-13-34-27(9-1)29-20-17-25(22-36(29)42-34)41(26-18-21-30-28-10-2-5-14-35(28)43-37(30)23-26)33-12-7-8-24-16-19-32-31-11-3-6-15-38(31)44-40(32)39(24)33/h1-23H. The van der Waals surface area contributed by atoms with Gasteiger partial charge in [-0.1, -0.05) is 78.9 Å². The minimum absolute atomic E-state index is 0.866. The average Bonchev–Trinajstić information content (AvgIpc) is 3.75. The van der Waals surface area contributed by atoms with Gasteiger partial charge in [0.2, 0.25) is 0 Å². The maximum absolute atomic E-state index is 6.38. The predicted octanol–water partition coefficient (Wildman–Crippen LogP) is 12.5. The van der Waals surface area contributed by atoms with Gasteiger partial charge in [0.25, 0.3) is 0 Å². The highest BCUT2D eigenvalue weighted by molar-refractivity contribution is 7.26. The van der Waals surface area contributed by atoms with Crippen LogP contribution in [0.25, 0.3) is 74.8 Å². The molecule has 3 heterocycles. The first kappa shape index (κ1) is 23.9. The molecule has 3 aromatic heterocycles. The van der Waals surface area contributed by atoms with E-state index in [9.17, 15) is 0 Å². The van der Waals surface area contributed by atoms with Crippen LogP contribution in [0.1, 0.15) is 0 Å². The summed E-state index contributed by atoms with van der Waals surface area (Å²) < 4.78 is 15.3. The third-order valence-electron chi connectivity index (χ3n) is 8.85. The van der Waals surface area contributed by atoms with E-state index < -0.39 is 0 Å². The largest absolute Gasteiger partial charge is 0.456 e. The van der Waals surface area contributed by atoms with Crippen LogP contribution in [0.4, 0.5) is 17.1 Å². The van der Waals surface area contributed by atoms with Gasteiger partial charge >= 0.3 is 0 Å². The number of nitrogens with zero attached hydrogens (tertiary/aromatic N) is 1. The van der Waals surface area contributed by atoms with Crippen molar-refractivity contribution in [3.05, 3.63) is 140 Å². The molecule has 0 aliphatic carbocycles. The molecule has 0 saturated heterocycles. The maximum atomic E-state index is 6.38. The van der Waals surface area contributed by atoms with Gasteiger partial charge in [0.1, 0.15) is 22.3 Å². The Bertz CT molecular complexity index is 2630. The zero-order valence-corrected chi connectivity index (χ0v) is 24.3. The molecule has 0 spiro atoms. The minimum Gasteiger partial charge on any atom is -0.456 e. The Kier molecular flexibility index (Phi) is 4.87. The zero-order chi connectivity index (χ0) is 28.8. The summed E-state index contributed by atoms with van der Waals surface area (Å²) in [5.74, 6) is 0. The van der Waals surface area contributed by atoms with Crippen LogP contribution in [0, 0.1) is 0 Å². The lowest BCUT2D eigenvalue weighted by Crippen LogP contribution is -2.10. The van der Waals surface area contributed by atoms with Crippen LogP contribution in [0.3, 0.4) is 0 Å². The summed E-state index contributed by atoms with van der Waals surface area (Å²) in [6, 6.07) is 49.4. The van der Waals surface area contributed by atoms with Crippen LogP contribution >= 0.6 is 11.3 Å². The second kappa shape index (κ2) is 8.96. The maximum Gasteiger partial charge on any atom is 0.137 e. The van der Waals surface area contributed by atoms with Crippen LogP contribution in [0.2, 0.25) is 0 Å². The highest BCUT2D eigenvalue weighted by atomic mass is 32.1. The highest BCUT2D eigenvalue weighted by Gasteiger charge is 2.21.